The van der Waals surface area contributed by atoms with E-state index in [1.54, 1.807) is 30.3 Å². The lowest BCUT2D eigenvalue weighted by atomic mass is 10.1. The minimum Gasteiger partial charge on any atom is -0.493 e. The van der Waals surface area contributed by atoms with Crippen molar-refractivity contribution in [2.45, 2.75) is 27.4 Å². The van der Waals surface area contributed by atoms with Gasteiger partial charge in [-0.2, -0.15) is 0 Å². The molecule has 1 aliphatic rings. The molecule has 0 atom stereocenters. The van der Waals surface area contributed by atoms with Gasteiger partial charge in [0.15, 0.2) is 11.5 Å². The number of amides is 4. The summed E-state index contributed by atoms with van der Waals surface area (Å²) < 4.78 is 11.4. The SMILES string of the molecule is COc1cc(/C=C2\C(=O)NC(=O)N(c3ccc(C)c(Cl)c3)C2=O)ccc1OCc1ccc(C)c(C)c1. The van der Waals surface area contributed by atoms with Crippen LogP contribution in [-0.2, 0) is 16.2 Å². The first kappa shape index (κ1) is 25.0. The highest BCUT2D eigenvalue weighted by atomic mass is 35.5. The number of benzene rings is 3. The molecule has 1 N–H and O–H groups in total. The van der Waals surface area contributed by atoms with Gasteiger partial charge in [0.1, 0.15) is 12.2 Å². The summed E-state index contributed by atoms with van der Waals surface area (Å²) in [7, 11) is 1.51. The van der Waals surface area contributed by atoms with Crippen LogP contribution in [0.1, 0.15) is 27.8 Å². The van der Waals surface area contributed by atoms with Crippen molar-refractivity contribution in [3.05, 3.63) is 93.0 Å². The number of urea groups is 1. The van der Waals surface area contributed by atoms with Crippen molar-refractivity contribution in [2.75, 3.05) is 12.0 Å². The Morgan fingerprint density at radius 1 is 0.889 bits per heavy atom. The van der Waals surface area contributed by atoms with E-state index in [4.69, 9.17) is 21.1 Å². The number of ether oxygens (including phenoxy) is 2. The molecule has 0 aliphatic carbocycles. The van der Waals surface area contributed by atoms with Gasteiger partial charge in [0, 0.05) is 5.02 Å². The molecule has 0 radical (unpaired) electrons. The normalized spacial score (nSPS) is 14.8. The van der Waals surface area contributed by atoms with Crippen LogP contribution in [0.2, 0.25) is 5.02 Å². The van der Waals surface area contributed by atoms with Gasteiger partial charge >= 0.3 is 6.03 Å². The maximum Gasteiger partial charge on any atom is 0.335 e. The molecule has 0 aromatic heterocycles. The van der Waals surface area contributed by atoms with Crippen LogP contribution in [0.25, 0.3) is 6.08 Å². The van der Waals surface area contributed by atoms with Gasteiger partial charge < -0.3 is 9.47 Å². The van der Waals surface area contributed by atoms with Crippen LogP contribution in [0.5, 0.6) is 11.5 Å². The van der Waals surface area contributed by atoms with E-state index in [1.807, 2.05) is 26.0 Å². The highest BCUT2D eigenvalue weighted by Gasteiger charge is 2.37. The minimum atomic E-state index is -0.838. The Bertz CT molecular complexity index is 1410. The van der Waals surface area contributed by atoms with E-state index >= 15 is 0 Å². The van der Waals surface area contributed by atoms with Gasteiger partial charge in [0.2, 0.25) is 0 Å². The van der Waals surface area contributed by atoms with Gasteiger partial charge in [0.25, 0.3) is 11.8 Å². The van der Waals surface area contributed by atoms with Crippen molar-refractivity contribution in [3.8, 4) is 11.5 Å². The quantitative estimate of drug-likeness (QED) is 0.353. The number of carbonyl (C=O) groups is 3. The van der Waals surface area contributed by atoms with E-state index < -0.39 is 17.8 Å². The van der Waals surface area contributed by atoms with Crippen molar-refractivity contribution in [3.63, 3.8) is 0 Å². The fourth-order valence-corrected chi connectivity index (χ4v) is 3.90. The number of barbiturate groups is 1. The van der Waals surface area contributed by atoms with Gasteiger partial charge in [-0.05, 0) is 78.9 Å². The second-order valence-electron chi connectivity index (χ2n) is 8.51. The highest BCUT2D eigenvalue weighted by molar-refractivity contribution is 6.39. The summed E-state index contributed by atoms with van der Waals surface area (Å²) in [6, 6.07) is 15.2. The molecule has 184 valence electrons. The number of imide groups is 2. The van der Waals surface area contributed by atoms with Crippen LogP contribution in [-0.4, -0.2) is 25.0 Å². The first-order chi connectivity index (χ1) is 17.2. The number of anilines is 1. The summed E-state index contributed by atoms with van der Waals surface area (Å²) in [6.07, 6.45) is 1.41. The Kier molecular flexibility index (Phi) is 7.12. The zero-order valence-corrected chi connectivity index (χ0v) is 21.1. The third kappa shape index (κ3) is 5.11. The molecule has 8 heteroatoms. The minimum absolute atomic E-state index is 0.197. The summed E-state index contributed by atoms with van der Waals surface area (Å²) in [4.78, 5) is 39.0. The Balaban J connectivity index is 1.59. The maximum atomic E-state index is 13.2. The summed E-state index contributed by atoms with van der Waals surface area (Å²) in [6.45, 7) is 6.27. The van der Waals surface area contributed by atoms with Crippen molar-refractivity contribution < 1.29 is 23.9 Å². The molecular weight excluding hydrogens is 480 g/mol. The number of nitrogens with zero attached hydrogens (tertiary/aromatic N) is 1. The van der Waals surface area contributed by atoms with E-state index in [0.717, 1.165) is 16.0 Å². The molecule has 7 nitrogen and oxygen atoms in total. The third-order valence-electron chi connectivity index (χ3n) is 5.98. The number of aryl methyl sites for hydroxylation is 3. The van der Waals surface area contributed by atoms with Gasteiger partial charge in [-0.1, -0.05) is 41.9 Å². The average molecular weight is 505 g/mol. The van der Waals surface area contributed by atoms with E-state index in [0.29, 0.717) is 28.7 Å². The van der Waals surface area contributed by atoms with Gasteiger partial charge in [-0.25, -0.2) is 9.69 Å². The number of halogens is 1. The molecule has 3 aromatic carbocycles. The highest BCUT2D eigenvalue weighted by Crippen LogP contribution is 2.31. The fourth-order valence-electron chi connectivity index (χ4n) is 3.73. The Morgan fingerprint density at radius 2 is 1.64 bits per heavy atom. The standard InChI is InChI=1S/C28H25ClN2O5/c1-16-5-7-20(11-18(16)3)15-36-24-10-8-19(13-25(24)35-4)12-22-26(32)30-28(34)31(27(22)33)21-9-6-17(2)23(29)14-21/h5-14H,15H2,1-4H3,(H,30,32,34)/b22-12+. The molecule has 3 aromatic rings. The Hall–Kier alpha value is -4.10. The summed E-state index contributed by atoms with van der Waals surface area (Å²) in [5.41, 5.74) is 4.80. The summed E-state index contributed by atoms with van der Waals surface area (Å²) >= 11 is 6.17. The predicted molar refractivity (Wildman–Crippen MR) is 138 cm³/mol. The average Bonchev–Trinajstić information content (AvgIpc) is 2.84. The molecule has 36 heavy (non-hydrogen) atoms. The molecule has 4 rings (SSSR count). The largest absolute Gasteiger partial charge is 0.493 e. The zero-order chi connectivity index (χ0) is 26.0. The van der Waals surface area contributed by atoms with Crippen molar-refractivity contribution in [1.29, 1.82) is 0 Å². The van der Waals surface area contributed by atoms with E-state index in [1.165, 1.54) is 30.4 Å². The number of rotatable bonds is 6. The second-order valence-corrected chi connectivity index (χ2v) is 8.92. The molecule has 4 amide bonds. The van der Waals surface area contributed by atoms with Crippen molar-refractivity contribution in [2.24, 2.45) is 0 Å². The zero-order valence-electron chi connectivity index (χ0n) is 20.3. The lowest BCUT2D eigenvalue weighted by Crippen LogP contribution is -2.54. The van der Waals surface area contributed by atoms with Gasteiger partial charge in [-0.3, -0.25) is 14.9 Å². The monoisotopic (exact) mass is 504 g/mol. The second kappa shape index (κ2) is 10.3. The van der Waals surface area contributed by atoms with Crippen LogP contribution in [0.4, 0.5) is 10.5 Å². The lowest BCUT2D eigenvalue weighted by Gasteiger charge is -2.26. The molecule has 1 aliphatic heterocycles. The Morgan fingerprint density at radius 3 is 2.33 bits per heavy atom. The first-order valence-corrected chi connectivity index (χ1v) is 11.6. The summed E-state index contributed by atoms with van der Waals surface area (Å²) in [5, 5.41) is 2.61. The van der Waals surface area contributed by atoms with E-state index in [2.05, 4.69) is 18.3 Å². The fraction of sp³-hybridized carbons (Fsp3) is 0.179. The molecule has 0 unspecified atom stereocenters. The van der Waals surface area contributed by atoms with Crippen LogP contribution >= 0.6 is 11.6 Å². The third-order valence-corrected chi connectivity index (χ3v) is 6.39. The first-order valence-electron chi connectivity index (χ1n) is 11.2. The molecule has 1 saturated heterocycles. The number of hydrogen-bond donors (Lipinski definition) is 1. The van der Waals surface area contributed by atoms with Crippen LogP contribution in [0.15, 0.2) is 60.2 Å². The maximum absolute atomic E-state index is 13.2. The van der Waals surface area contributed by atoms with Gasteiger partial charge in [0.05, 0.1) is 12.8 Å². The molecule has 1 fully saturated rings. The topological polar surface area (TPSA) is 84.9 Å². The molecule has 1 heterocycles. The van der Waals surface area contributed by atoms with Crippen molar-refractivity contribution in [1.82, 2.24) is 5.32 Å². The number of hydrogen-bond acceptors (Lipinski definition) is 5. The molecule has 0 spiro atoms. The van der Waals surface area contributed by atoms with E-state index in [9.17, 15) is 14.4 Å². The number of carbonyl (C=O) groups excluding carboxylic acids is 3. The molecule has 0 bridgehead atoms. The Labute approximate surface area is 214 Å². The van der Waals surface area contributed by atoms with Crippen molar-refractivity contribution >= 4 is 41.2 Å². The molecule has 0 saturated carbocycles. The molecular formula is C28H25ClN2O5. The number of nitrogens with one attached hydrogen (secondary N) is 1. The van der Waals surface area contributed by atoms with Crippen LogP contribution < -0.4 is 19.7 Å². The van der Waals surface area contributed by atoms with E-state index in [-0.39, 0.29) is 11.3 Å². The van der Waals surface area contributed by atoms with Gasteiger partial charge in [-0.15, -0.1) is 0 Å². The van der Waals surface area contributed by atoms with Crippen LogP contribution in [0, 0.1) is 20.8 Å². The smallest absolute Gasteiger partial charge is 0.335 e. The van der Waals surface area contributed by atoms with Crippen LogP contribution in [0.3, 0.4) is 0 Å². The number of methoxy groups -OCH3 is 1. The summed E-state index contributed by atoms with van der Waals surface area (Å²) in [5.74, 6) is -0.579. The lowest BCUT2D eigenvalue weighted by molar-refractivity contribution is -0.122. The predicted octanol–water partition coefficient (Wildman–Crippen LogP) is 5.52.